The number of anilines is 1. The Bertz CT molecular complexity index is 1330. The summed E-state index contributed by atoms with van der Waals surface area (Å²) in [4.78, 5) is 44.5. The summed E-state index contributed by atoms with van der Waals surface area (Å²) < 4.78 is 1.96. The number of urea groups is 1. The monoisotopic (exact) mass is 473 g/mol. The predicted octanol–water partition coefficient (Wildman–Crippen LogP) is 3.94. The van der Waals surface area contributed by atoms with E-state index in [0.29, 0.717) is 18.5 Å². The van der Waals surface area contributed by atoms with Crippen LogP contribution in [0.15, 0.2) is 72.4 Å². The average Bonchev–Trinajstić information content (AvgIpc) is 3.49. The normalized spacial score (nSPS) is 17.9. The van der Waals surface area contributed by atoms with Gasteiger partial charge in [0.15, 0.2) is 4.96 Å². The van der Waals surface area contributed by atoms with Crippen LogP contribution < -0.4 is 10.6 Å². The summed E-state index contributed by atoms with van der Waals surface area (Å²) in [7, 11) is 0. The molecule has 1 saturated heterocycles. The van der Waals surface area contributed by atoms with Crippen molar-refractivity contribution in [2.24, 2.45) is 0 Å². The third kappa shape index (κ3) is 4.29. The highest BCUT2D eigenvalue weighted by Gasteiger charge is 2.47. The van der Waals surface area contributed by atoms with Crippen LogP contribution in [0.3, 0.4) is 0 Å². The molecule has 1 aliphatic heterocycles. The third-order valence-electron chi connectivity index (χ3n) is 5.96. The number of nitrogens with one attached hydrogen (secondary N) is 2. The molecular formula is C25H23N5O3S. The molecule has 0 spiro atoms. The number of amides is 4. The Labute approximate surface area is 200 Å². The standard InChI is InChI=1S/C25H23N5O3S/c1-25(12-11-17-5-3-2-4-6-17)22(32)30(23(33)28-25)16-21(31)26-19-9-7-18(8-10-19)20-15-29-13-14-34-24(29)27-20/h2-10,13-15H,11-12,16H2,1H3,(H,26,31)(H,28,33). The zero-order chi connectivity index (χ0) is 23.7. The maximum atomic E-state index is 13.0. The van der Waals surface area contributed by atoms with Gasteiger partial charge in [-0.05, 0) is 37.5 Å². The largest absolute Gasteiger partial charge is 0.325 e. The number of imidazole rings is 1. The lowest BCUT2D eigenvalue weighted by Gasteiger charge is -2.21. The molecule has 0 bridgehead atoms. The van der Waals surface area contributed by atoms with Crippen LogP contribution in [0.25, 0.3) is 16.2 Å². The molecule has 9 heteroatoms. The highest BCUT2D eigenvalue weighted by Crippen LogP contribution is 2.25. The third-order valence-corrected chi connectivity index (χ3v) is 6.73. The van der Waals surface area contributed by atoms with Gasteiger partial charge in [0.2, 0.25) is 5.91 Å². The fourth-order valence-electron chi connectivity index (χ4n) is 4.03. The number of hydrogen-bond donors (Lipinski definition) is 2. The lowest BCUT2D eigenvalue weighted by molar-refractivity contribution is -0.133. The Morgan fingerprint density at radius 3 is 2.62 bits per heavy atom. The first-order valence-corrected chi connectivity index (χ1v) is 11.8. The average molecular weight is 474 g/mol. The van der Waals surface area contributed by atoms with E-state index in [-0.39, 0.29) is 6.54 Å². The summed E-state index contributed by atoms with van der Waals surface area (Å²) in [5.74, 6) is -0.829. The summed E-state index contributed by atoms with van der Waals surface area (Å²) in [6, 6.07) is 16.5. The van der Waals surface area contributed by atoms with Crippen LogP contribution >= 0.6 is 11.3 Å². The van der Waals surface area contributed by atoms with Gasteiger partial charge >= 0.3 is 6.03 Å². The molecule has 4 amide bonds. The van der Waals surface area contributed by atoms with Gasteiger partial charge in [0, 0.05) is 29.0 Å². The summed E-state index contributed by atoms with van der Waals surface area (Å²) in [5, 5.41) is 7.49. The Balaban J connectivity index is 1.19. The number of benzene rings is 2. The minimum absolute atomic E-state index is 0.343. The van der Waals surface area contributed by atoms with Crippen LogP contribution in [-0.4, -0.2) is 44.2 Å². The maximum absolute atomic E-state index is 13.0. The molecule has 0 radical (unpaired) electrons. The molecule has 172 valence electrons. The van der Waals surface area contributed by atoms with E-state index in [1.165, 1.54) is 0 Å². The van der Waals surface area contributed by atoms with Crippen LogP contribution in [0.5, 0.6) is 0 Å². The highest BCUT2D eigenvalue weighted by molar-refractivity contribution is 7.15. The van der Waals surface area contributed by atoms with E-state index >= 15 is 0 Å². The van der Waals surface area contributed by atoms with Gasteiger partial charge < -0.3 is 10.6 Å². The minimum Gasteiger partial charge on any atom is -0.325 e. The molecule has 1 atom stereocenters. The van der Waals surface area contributed by atoms with Gasteiger partial charge in [0.25, 0.3) is 5.91 Å². The van der Waals surface area contributed by atoms with Crippen molar-refractivity contribution in [1.82, 2.24) is 19.6 Å². The lowest BCUT2D eigenvalue weighted by atomic mass is 9.93. The molecule has 2 N–H and O–H groups in total. The molecule has 1 unspecified atom stereocenters. The van der Waals surface area contributed by atoms with E-state index in [1.54, 1.807) is 30.4 Å². The Hall–Kier alpha value is -3.98. The first-order valence-electron chi connectivity index (χ1n) is 10.9. The number of imide groups is 1. The first kappa shape index (κ1) is 21.8. The van der Waals surface area contributed by atoms with Crippen molar-refractivity contribution in [1.29, 1.82) is 0 Å². The van der Waals surface area contributed by atoms with Gasteiger partial charge in [-0.25, -0.2) is 9.78 Å². The van der Waals surface area contributed by atoms with E-state index in [1.807, 2.05) is 64.6 Å². The molecule has 3 heterocycles. The predicted molar refractivity (Wildman–Crippen MR) is 131 cm³/mol. The molecule has 0 saturated carbocycles. The number of thiazole rings is 1. The maximum Gasteiger partial charge on any atom is 0.325 e. The lowest BCUT2D eigenvalue weighted by Crippen LogP contribution is -2.45. The summed E-state index contributed by atoms with van der Waals surface area (Å²) in [6.07, 6.45) is 5.00. The van der Waals surface area contributed by atoms with Crippen LogP contribution in [0.2, 0.25) is 0 Å². The number of rotatable bonds is 7. The van der Waals surface area contributed by atoms with Crippen molar-refractivity contribution in [3.05, 3.63) is 77.9 Å². The van der Waals surface area contributed by atoms with Gasteiger partial charge in [0.1, 0.15) is 12.1 Å². The molecular weight excluding hydrogens is 450 g/mol. The number of nitrogens with zero attached hydrogens (tertiary/aromatic N) is 3. The van der Waals surface area contributed by atoms with Crippen molar-refractivity contribution in [2.75, 3.05) is 11.9 Å². The quantitative estimate of drug-likeness (QED) is 0.398. The summed E-state index contributed by atoms with van der Waals surface area (Å²) in [5.41, 5.74) is 2.40. The Morgan fingerprint density at radius 1 is 1.12 bits per heavy atom. The van der Waals surface area contributed by atoms with Gasteiger partial charge in [-0.1, -0.05) is 42.5 Å². The summed E-state index contributed by atoms with van der Waals surface area (Å²) >= 11 is 1.56. The van der Waals surface area contributed by atoms with Crippen LogP contribution in [0, 0.1) is 0 Å². The Morgan fingerprint density at radius 2 is 1.88 bits per heavy atom. The highest BCUT2D eigenvalue weighted by atomic mass is 32.1. The number of aryl methyl sites for hydroxylation is 1. The molecule has 0 aliphatic carbocycles. The van der Waals surface area contributed by atoms with E-state index < -0.39 is 23.4 Å². The van der Waals surface area contributed by atoms with E-state index in [4.69, 9.17) is 0 Å². The second kappa shape index (κ2) is 8.75. The smallest absolute Gasteiger partial charge is 0.325 e. The number of fused-ring (bicyclic) bond motifs is 1. The second-order valence-corrected chi connectivity index (χ2v) is 9.36. The van der Waals surface area contributed by atoms with Gasteiger partial charge in [-0.15, -0.1) is 11.3 Å². The van der Waals surface area contributed by atoms with Crippen LogP contribution in [-0.2, 0) is 16.0 Å². The van der Waals surface area contributed by atoms with Crippen LogP contribution in [0.1, 0.15) is 18.9 Å². The van der Waals surface area contributed by atoms with Crippen molar-refractivity contribution >= 4 is 39.8 Å². The zero-order valence-corrected chi connectivity index (χ0v) is 19.3. The molecule has 2 aromatic heterocycles. The zero-order valence-electron chi connectivity index (χ0n) is 18.5. The number of carbonyl (C=O) groups is 3. The first-order chi connectivity index (χ1) is 16.4. The van der Waals surface area contributed by atoms with E-state index in [2.05, 4.69) is 15.6 Å². The number of carbonyl (C=O) groups excluding carboxylic acids is 3. The SMILES string of the molecule is CC1(CCc2ccccc2)NC(=O)N(CC(=O)Nc2ccc(-c3cn4ccsc4n3)cc2)C1=O. The summed E-state index contributed by atoms with van der Waals surface area (Å²) in [6.45, 7) is 1.36. The minimum atomic E-state index is -1.03. The van der Waals surface area contributed by atoms with E-state index in [0.717, 1.165) is 26.7 Å². The molecule has 2 aromatic carbocycles. The van der Waals surface area contributed by atoms with Crippen molar-refractivity contribution in [3.8, 4) is 11.3 Å². The van der Waals surface area contributed by atoms with Gasteiger partial charge in [0.05, 0.1) is 5.69 Å². The fraction of sp³-hybridized carbons (Fsp3) is 0.200. The molecule has 8 nitrogen and oxygen atoms in total. The van der Waals surface area contributed by atoms with E-state index in [9.17, 15) is 14.4 Å². The van der Waals surface area contributed by atoms with Crippen LogP contribution in [0.4, 0.5) is 10.5 Å². The molecule has 1 fully saturated rings. The Kier molecular flexibility index (Phi) is 5.62. The topological polar surface area (TPSA) is 95.8 Å². The fourth-order valence-corrected chi connectivity index (χ4v) is 4.73. The number of hydrogen-bond acceptors (Lipinski definition) is 5. The molecule has 5 rings (SSSR count). The number of aromatic nitrogens is 2. The van der Waals surface area contributed by atoms with Crippen molar-refractivity contribution in [3.63, 3.8) is 0 Å². The van der Waals surface area contributed by atoms with Crippen molar-refractivity contribution in [2.45, 2.75) is 25.3 Å². The molecule has 1 aliphatic rings. The van der Waals surface area contributed by atoms with Crippen molar-refractivity contribution < 1.29 is 14.4 Å². The van der Waals surface area contributed by atoms with Gasteiger partial charge in [-0.3, -0.25) is 18.9 Å². The second-order valence-electron chi connectivity index (χ2n) is 8.48. The van der Waals surface area contributed by atoms with Gasteiger partial charge in [-0.2, -0.15) is 0 Å². The molecule has 34 heavy (non-hydrogen) atoms. The molecule has 4 aromatic rings.